The molecule has 2 heteroatoms. The smallest absolute Gasteiger partial charge is 0.0514 e. The van der Waals surface area contributed by atoms with Gasteiger partial charge in [0.2, 0.25) is 0 Å². The van der Waals surface area contributed by atoms with E-state index in [-0.39, 0.29) is 0 Å². The fraction of sp³-hybridized carbons (Fsp3) is 0.316. The third kappa shape index (κ3) is 2.71. The largest absolute Gasteiger partial charge is 0.345 e. The first kappa shape index (κ1) is 13.9. The van der Waals surface area contributed by atoms with Crippen molar-refractivity contribution >= 4 is 10.9 Å². The average molecular weight is 278 g/mol. The Morgan fingerprint density at radius 1 is 1.05 bits per heavy atom. The number of nitrogens with zero attached hydrogens (tertiary/aromatic N) is 2. The molecule has 0 unspecified atom stereocenters. The highest BCUT2D eigenvalue weighted by molar-refractivity contribution is 5.87. The molecule has 0 amide bonds. The van der Waals surface area contributed by atoms with Gasteiger partial charge in [-0.1, -0.05) is 18.2 Å². The Morgan fingerprint density at radius 3 is 2.62 bits per heavy atom. The van der Waals surface area contributed by atoms with Crippen molar-refractivity contribution in [2.75, 3.05) is 0 Å². The first-order valence-corrected chi connectivity index (χ1v) is 7.62. The molecule has 2 aromatic heterocycles. The standard InChI is InChI=1S/C19H22N2/c1-14-8-9-15(2)19-18(14)12-16(3)21(19)11-5-7-17-6-4-10-20-13-17/h4,6,8-10,12-13H,5,7,11H2,1-3H3. The molecule has 0 fully saturated rings. The summed E-state index contributed by atoms with van der Waals surface area (Å²) in [4.78, 5) is 4.19. The molecule has 0 bridgehead atoms. The van der Waals surface area contributed by atoms with Crippen LogP contribution in [0.1, 0.15) is 28.8 Å². The highest BCUT2D eigenvalue weighted by Gasteiger charge is 2.09. The van der Waals surface area contributed by atoms with E-state index in [1.165, 1.54) is 33.3 Å². The van der Waals surface area contributed by atoms with Gasteiger partial charge in [0.1, 0.15) is 0 Å². The van der Waals surface area contributed by atoms with Gasteiger partial charge in [-0.2, -0.15) is 0 Å². The molecule has 2 heterocycles. The molecule has 0 N–H and O–H groups in total. The normalized spacial score (nSPS) is 11.2. The summed E-state index contributed by atoms with van der Waals surface area (Å²) in [5, 5.41) is 1.40. The number of aryl methyl sites for hydroxylation is 5. The minimum atomic E-state index is 1.06. The molecule has 0 radical (unpaired) electrons. The van der Waals surface area contributed by atoms with Gasteiger partial charge in [0.25, 0.3) is 0 Å². The first-order chi connectivity index (χ1) is 10.2. The van der Waals surface area contributed by atoms with E-state index in [4.69, 9.17) is 0 Å². The van der Waals surface area contributed by atoms with Crippen LogP contribution in [0.15, 0.2) is 42.7 Å². The van der Waals surface area contributed by atoms with Gasteiger partial charge < -0.3 is 4.57 Å². The van der Waals surface area contributed by atoms with E-state index in [2.05, 4.69) is 54.6 Å². The molecule has 0 atom stereocenters. The second kappa shape index (κ2) is 5.72. The van der Waals surface area contributed by atoms with E-state index < -0.39 is 0 Å². The molecular weight excluding hydrogens is 256 g/mol. The molecule has 108 valence electrons. The van der Waals surface area contributed by atoms with Crippen LogP contribution in [-0.2, 0) is 13.0 Å². The number of hydrogen-bond acceptors (Lipinski definition) is 1. The first-order valence-electron chi connectivity index (χ1n) is 7.62. The van der Waals surface area contributed by atoms with Crippen LogP contribution in [0.2, 0.25) is 0 Å². The van der Waals surface area contributed by atoms with Crippen molar-refractivity contribution < 1.29 is 0 Å². The SMILES string of the molecule is Cc1ccc(C)c2c1cc(C)n2CCCc1cccnc1. The number of rotatable bonds is 4. The molecule has 21 heavy (non-hydrogen) atoms. The minimum Gasteiger partial charge on any atom is -0.345 e. The van der Waals surface area contributed by atoms with E-state index >= 15 is 0 Å². The molecule has 0 aliphatic rings. The van der Waals surface area contributed by atoms with Crippen molar-refractivity contribution in [2.45, 2.75) is 40.2 Å². The minimum absolute atomic E-state index is 1.06. The number of fused-ring (bicyclic) bond motifs is 1. The van der Waals surface area contributed by atoms with Gasteiger partial charge in [0.05, 0.1) is 5.52 Å². The molecule has 1 aromatic carbocycles. The molecule has 0 aliphatic carbocycles. The topological polar surface area (TPSA) is 17.8 Å². The molecule has 0 saturated heterocycles. The monoisotopic (exact) mass is 278 g/mol. The number of aromatic nitrogens is 2. The number of pyridine rings is 1. The van der Waals surface area contributed by atoms with Gasteiger partial charge in [0.15, 0.2) is 0 Å². The summed E-state index contributed by atoms with van der Waals surface area (Å²) in [5.74, 6) is 0. The van der Waals surface area contributed by atoms with Crippen LogP contribution in [0.4, 0.5) is 0 Å². The van der Waals surface area contributed by atoms with Crippen LogP contribution in [0, 0.1) is 20.8 Å². The lowest BCUT2D eigenvalue weighted by atomic mass is 10.1. The van der Waals surface area contributed by atoms with Crippen molar-refractivity contribution in [1.82, 2.24) is 9.55 Å². The van der Waals surface area contributed by atoms with E-state index in [1.807, 2.05) is 18.5 Å². The highest BCUT2D eigenvalue weighted by Crippen LogP contribution is 2.26. The summed E-state index contributed by atoms with van der Waals surface area (Å²) in [6.45, 7) is 7.68. The zero-order chi connectivity index (χ0) is 14.8. The molecular formula is C19H22N2. The van der Waals surface area contributed by atoms with Crippen LogP contribution in [0.5, 0.6) is 0 Å². The predicted molar refractivity (Wildman–Crippen MR) is 88.7 cm³/mol. The lowest BCUT2D eigenvalue weighted by Crippen LogP contribution is -2.02. The third-order valence-electron chi connectivity index (χ3n) is 4.26. The van der Waals surface area contributed by atoms with E-state index in [0.717, 1.165) is 19.4 Å². The fourth-order valence-electron chi connectivity index (χ4n) is 3.10. The Bertz CT molecular complexity index is 754. The third-order valence-corrected chi connectivity index (χ3v) is 4.26. The van der Waals surface area contributed by atoms with E-state index in [9.17, 15) is 0 Å². The summed E-state index contributed by atoms with van der Waals surface area (Å²) in [7, 11) is 0. The average Bonchev–Trinajstić information content (AvgIpc) is 2.83. The van der Waals surface area contributed by atoms with Crippen molar-refractivity contribution in [3.05, 3.63) is 65.1 Å². The Hall–Kier alpha value is -2.09. The second-order valence-electron chi connectivity index (χ2n) is 5.86. The summed E-state index contributed by atoms with van der Waals surface area (Å²) in [6, 6.07) is 10.9. The van der Waals surface area contributed by atoms with Crippen molar-refractivity contribution in [3.8, 4) is 0 Å². The van der Waals surface area contributed by atoms with Crippen LogP contribution in [0.25, 0.3) is 10.9 Å². The maximum absolute atomic E-state index is 4.19. The zero-order valence-electron chi connectivity index (χ0n) is 13.1. The van der Waals surface area contributed by atoms with Crippen LogP contribution in [-0.4, -0.2) is 9.55 Å². The Labute approximate surface area is 126 Å². The van der Waals surface area contributed by atoms with Gasteiger partial charge in [-0.25, -0.2) is 0 Å². The van der Waals surface area contributed by atoms with Gasteiger partial charge in [-0.15, -0.1) is 0 Å². The maximum atomic E-state index is 4.19. The van der Waals surface area contributed by atoms with E-state index in [1.54, 1.807) is 0 Å². The molecule has 0 spiro atoms. The lowest BCUT2D eigenvalue weighted by Gasteiger charge is -2.11. The fourth-order valence-corrected chi connectivity index (χ4v) is 3.10. The van der Waals surface area contributed by atoms with Crippen molar-refractivity contribution in [3.63, 3.8) is 0 Å². The summed E-state index contributed by atoms with van der Waals surface area (Å²) in [5.41, 5.74) is 6.81. The molecule has 3 rings (SSSR count). The lowest BCUT2D eigenvalue weighted by molar-refractivity contribution is 0.647. The molecule has 0 aliphatic heterocycles. The Morgan fingerprint density at radius 2 is 1.86 bits per heavy atom. The van der Waals surface area contributed by atoms with Gasteiger partial charge >= 0.3 is 0 Å². The Balaban J connectivity index is 1.84. The number of benzene rings is 1. The van der Waals surface area contributed by atoms with Gasteiger partial charge in [-0.05, 0) is 62.4 Å². The van der Waals surface area contributed by atoms with Crippen LogP contribution in [0.3, 0.4) is 0 Å². The highest BCUT2D eigenvalue weighted by atomic mass is 15.0. The molecule has 0 saturated carbocycles. The van der Waals surface area contributed by atoms with E-state index in [0.29, 0.717) is 0 Å². The van der Waals surface area contributed by atoms with Crippen molar-refractivity contribution in [2.24, 2.45) is 0 Å². The summed E-state index contributed by atoms with van der Waals surface area (Å²) < 4.78 is 2.47. The Kier molecular flexibility index (Phi) is 3.78. The maximum Gasteiger partial charge on any atom is 0.0514 e. The zero-order valence-corrected chi connectivity index (χ0v) is 13.1. The summed E-state index contributed by atoms with van der Waals surface area (Å²) >= 11 is 0. The molecule has 2 nitrogen and oxygen atoms in total. The predicted octanol–water partition coefficient (Wildman–Crippen LogP) is 4.59. The van der Waals surface area contributed by atoms with Crippen LogP contribution < -0.4 is 0 Å². The number of hydrogen-bond donors (Lipinski definition) is 0. The van der Waals surface area contributed by atoms with Gasteiger partial charge in [0, 0.05) is 30.0 Å². The van der Waals surface area contributed by atoms with Crippen molar-refractivity contribution in [1.29, 1.82) is 0 Å². The summed E-state index contributed by atoms with van der Waals surface area (Å²) in [6.07, 6.45) is 6.02. The van der Waals surface area contributed by atoms with Crippen LogP contribution >= 0.6 is 0 Å². The molecule has 3 aromatic rings. The quantitative estimate of drug-likeness (QED) is 0.682. The second-order valence-corrected chi connectivity index (χ2v) is 5.86. The van der Waals surface area contributed by atoms with Gasteiger partial charge in [-0.3, -0.25) is 4.98 Å².